The van der Waals surface area contributed by atoms with Gasteiger partial charge in [0, 0.05) is 47.8 Å². The standard InChI is InChI=1S/C37H21N5OS/c1-3-8-22(9-4-1)35-40-36(23-10-5-2-6-11-23)42-37(41-35)25-15-17-28-27-16-14-24(18-31(27)44-32(28)19-25)26-12-7-13-29-33-30(43-34(26)29)20-38-21-39-33/h1-21H. The highest BCUT2D eigenvalue weighted by Crippen LogP contribution is 2.40. The molecule has 0 spiro atoms. The van der Waals surface area contributed by atoms with Gasteiger partial charge >= 0.3 is 0 Å². The molecule has 4 heterocycles. The minimum absolute atomic E-state index is 0.650. The van der Waals surface area contributed by atoms with Gasteiger partial charge in [-0.05, 0) is 23.8 Å². The Bertz CT molecular complexity index is 2450. The van der Waals surface area contributed by atoms with Crippen LogP contribution in [0.4, 0.5) is 0 Å². The zero-order valence-electron chi connectivity index (χ0n) is 23.2. The zero-order chi connectivity index (χ0) is 29.0. The van der Waals surface area contributed by atoms with Crippen molar-refractivity contribution in [3.63, 3.8) is 0 Å². The smallest absolute Gasteiger partial charge is 0.172 e. The summed E-state index contributed by atoms with van der Waals surface area (Å²) in [5, 5.41) is 3.41. The average molecular weight is 584 g/mol. The lowest BCUT2D eigenvalue weighted by Gasteiger charge is -2.08. The summed E-state index contributed by atoms with van der Waals surface area (Å²) in [6.07, 6.45) is 3.28. The third-order valence-corrected chi connectivity index (χ3v) is 9.02. The van der Waals surface area contributed by atoms with Crippen LogP contribution in [0.15, 0.2) is 132 Å². The fourth-order valence-electron chi connectivity index (χ4n) is 5.79. The molecule has 0 saturated carbocycles. The zero-order valence-corrected chi connectivity index (χ0v) is 24.0. The SMILES string of the molecule is c1ccc(-c2nc(-c3ccccc3)nc(-c3ccc4c(c3)sc3cc(-c5cccc6c5oc5cncnc56)ccc34)n2)cc1. The third-order valence-electron chi connectivity index (χ3n) is 7.90. The first-order chi connectivity index (χ1) is 21.8. The fraction of sp³-hybridized carbons (Fsp3) is 0. The number of fused-ring (bicyclic) bond motifs is 6. The van der Waals surface area contributed by atoms with E-state index in [-0.39, 0.29) is 0 Å². The van der Waals surface area contributed by atoms with E-state index in [4.69, 9.17) is 19.4 Å². The van der Waals surface area contributed by atoms with Crippen LogP contribution in [-0.2, 0) is 0 Å². The number of aromatic nitrogens is 5. The Hall–Kier alpha value is -5.79. The van der Waals surface area contributed by atoms with Crippen molar-refractivity contribution in [3.05, 3.63) is 128 Å². The molecule has 4 aromatic heterocycles. The van der Waals surface area contributed by atoms with E-state index in [0.717, 1.165) is 44.3 Å². The van der Waals surface area contributed by atoms with Crippen molar-refractivity contribution in [2.75, 3.05) is 0 Å². The van der Waals surface area contributed by atoms with Crippen LogP contribution in [0.25, 0.3) is 87.5 Å². The molecule has 7 heteroatoms. The van der Waals surface area contributed by atoms with Gasteiger partial charge in [0.15, 0.2) is 23.1 Å². The van der Waals surface area contributed by atoms with Crippen LogP contribution in [0.1, 0.15) is 0 Å². The molecule has 0 aliphatic rings. The monoisotopic (exact) mass is 583 g/mol. The second-order valence-electron chi connectivity index (χ2n) is 10.6. The minimum atomic E-state index is 0.650. The van der Waals surface area contributed by atoms with Gasteiger partial charge in [-0.1, -0.05) is 97.1 Å². The summed E-state index contributed by atoms with van der Waals surface area (Å²) in [5.41, 5.74) is 7.34. The van der Waals surface area contributed by atoms with Gasteiger partial charge in [0.25, 0.3) is 0 Å². The van der Waals surface area contributed by atoms with Gasteiger partial charge in [-0.2, -0.15) is 0 Å². The molecule has 0 aliphatic heterocycles. The van der Waals surface area contributed by atoms with Gasteiger partial charge in [0.05, 0.1) is 6.20 Å². The van der Waals surface area contributed by atoms with Gasteiger partial charge in [-0.3, -0.25) is 0 Å². The molecule has 9 aromatic rings. The van der Waals surface area contributed by atoms with Crippen LogP contribution >= 0.6 is 11.3 Å². The van der Waals surface area contributed by atoms with Crippen molar-refractivity contribution in [1.29, 1.82) is 0 Å². The van der Waals surface area contributed by atoms with E-state index < -0.39 is 0 Å². The quantitative estimate of drug-likeness (QED) is 0.205. The second-order valence-corrected chi connectivity index (χ2v) is 11.7. The van der Waals surface area contributed by atoms with E-state index in [2.05, 4.69) is 58.5 Å². The maximum atomic E-state index is 6.22. The Morgan fingerprint density at radius 3 is 1.82 bits per heavy atom. The molecule has 206 valence electrons. The van der Waals surface area contributed by atoms with Crippen LogP contribution < -0.4 is 0 Å². The molecule has 0 saturated heterocycles. The molecule has 6 nitrogen and oxygen atoms in total. The molecule has 0 amide bonds. The molecule has 0 aliphatic carbocycles. The number of benzene rings is 5. The van der Waals surface area contributed by atoms with Crippen LogP contribution in [0, 0.1) is 0 Å². The topological polar surface area (TPSA) is 77.6 Å². The number of hydrogen-bond acceptors (Lipinski definition) is 7. The summed E-state index contributed by atoms with van der Waals surface area (Å²) < 4.78 is 8.59. The van der Waals surface area contributed by atoms with E-state index in [1.165, 1.54) is 20.2 Å². The fourth-order valence-corrected chi connectivity index (χ4v) is 6.97. The molecule has 9 rings (SSSR count). The third kappa shape index (κ3) is 4.06. The Morgan fingerprint density at radius 2 is 1.14 bits per heavy atom. The lowest BCUT2D eigenvalue weighted by atomic mass is 10.0. The van der Waals surface area contributed by atoms with Crippen molar-refractivity contribution in [3.8, 4) is 45.3 Å². The van der Waals surface area contributed by atoms with Crippen molar-refractivity contribution in [2.45, 2.75) is 0 Å². The lowest BCUT2D eigenvalue weighted by Crippen LogP contribution is -1.99. The number of nitrogens with zero attached hydrogens (tertiary/aromatic N) is 5. The summed E-state index contributed by atoms with van der Waals surface area (Å²) in [4.78, 5) is 23.3. The normalized spacial score (nSPS) is 11.6. The first kappa shape index (κ1) is 24.8. The maximum absolute atomic E-state index is 6.22. The molecule has 0 fully saturated rings. The molecule has 0 unspecified atom stereocenters. The number of thiophene rings is 1. The van der Waals surface area contributed by atoms with Crippen LogP contribution in [-0.4, -0.2) is 24.9 Å². The van der Waals surface area contributed by atoms with E-state index in [0.29, 0.717) is 23.1 Å². The average Bonchev–Trinajstić information content (AvgIpc) is 3.66. The number of furan rings is 1. The first-order valence-corrected chi connectivity index (χ1v) is 15.1. The van der Waals surface area contributed by atoms with Crippen molar-refractivity contribution in [2.24, 2.45) is 0 Å². The predicted molar refractivity (Wildman–Crippen MR) is 177 cm³/mol. The van der Waals surface area contributed by atoms with E-state index in [1.807, 2.05) is 66.7 Å². The van der Waals surface area contributed by atoms with Crippen molar-refractivity contribution < 1.29 is 4.42 Å². The van der Waals surface area contributed by atoms with E-state index in [9.17, 15) is 0 Å². The van der Waals surface area contributed by atoms with E-state index in [1.54, 1.807) is 23.9 Å². The summed E-state index contributed by atoms with van der Waals surface area (Å²) in [5.74, 6) is 1.96. The molecule has 0 radical (unpaired) electrons. The second kappa shape index (κ2) is 9.90. The Labute approximate surface area is 255 Å². The van der Waals surface area contributed by atoms with Crippen LogP contribution in [0.5, 0.6) is 0 Å². The van der Waals surface area contributed by atoms with E-state index >= 15 is 0 Å². The van der Waals surface area contributed by atoms with Gasteiger partial charge in [-0.25, -0.2) is 24.9 Å². The van der Waals surface area contributed by atoms with Crippen molar-refractivity contribution in [1.82, 2.24) is 24.9 Å². The molecule has 0 bridgehead atoms. The Morgan fingerprint density at radius 1 is 0.523 bits per heavy atom. The van der Waals surface area contributed by atoms with Gasteiger partial charge in [0.2, 0.25) is 0 Å². The first-order valence-electron chi connectivity index (χ1n) is 14.2. The van der Waals surface area contributed by atoms with Gasteiger partial charge in [0.1, 0.15) is 17.4 Å². The van der Waals surface area contributed by atoms with Crippen LogP contribution in [0.2, 0.25) is 0 Å². The number of rotatable bonds is 4. The molecular weight excluding hydrogens is 563 g/mol. The summed E-state index contributed by atoms with van der Waals surface area (Å²) in [7, 11) is 0. The summed E-state index contributed by atoms with van der Waals surface area (Å²) in [6, 6.07) is 39.4. The van der Waals surface area contributed by atoms with Gasteiger partial charge < -0.3 is 4.42 Å². The van der Waals surface area contributed by atoms with Gasteiger partial charge in [-0.15, -0.1) is 11.3 Å². The highest BCUT2D eigenvalue weighted by atomic mass is 32.1. The van der Waals surface area contributed by atoms with Crippen molar-refractivity contribution >= 4 is 53.6 Å². The highest BCUT2D eigenvalue weighted by molar-refractivity contribution is 7.25. The lowest BCUT2D eigenvalue weighted by molar-refractivity contribution is 0.666. The Balaban J connectivity index is 1.17. The number of para-hydroxylation sites is 1. The largest absolute Gasteiger partial charge is 0.452 e. The number of hydrogen-bond donors (Lipinski definition) is 0. The minimum Gasteiger partial charge on any atom is -0.452 e. The molecule has 0 N–H and O–H groups in total. The molecule has 0 atom stereocenters. The summed E-state index contributed by atoms with van der Waals surface area (Å²) in [6.45, 7) is 0. The molecular formula is C37H21N5OS. The molecule has 44 heavy (non-hydrogen) atoms. The Kier molecular flexibility index (Phi) is 5.57. The molecule has 5 aromatic carbocycles. The van der Waals surface area contributed by atoms with Crippen LogP contribution in [0.3, 0.4) is 0 Å². The highest BCUT2D eigenvalue weighted by Gasteiger charge is 2.16. The predicted octanol–water partition coefficient (Wildman–Crippen LogP) is 9.60. The maximum Gasteiger partial charge on any atom is 0.172 e. The summed E-state index contributed by atoms with van der Waals surface area (Å²) >= 11 is 1.77.